The molecular formula is C14H16F4O2. The summed E-state index contributed by atoms with van der Waals surface area (Å²) in [5.41, 5.74) is -1.72. The number of unbranched alkanes of at least 4 members (excludes halogenated alkanes) is 4. The van der Waals surface area contributed by atoms with E-state index in [9.17, 15) is 22.4 Å². The molecule has 112 valence electrons. The van der Waals surface area contributed by atoms with Crippen molar-refractivity contribution < 1.29 is 27.5 Å². The van der Waals surface area contributed by atoms with Gasteiger partial charge in [0.2, 0.25) is 0 Å². The molecule has 0 atom stereocenters. The monoisotopic (exact) mass is 292 g/mol. The van der Waals surface area contributed by atoms with Crippen LogP contribution in [0.15, 0.2) is 0 Å². The molecule has 1 N–H and O–H groups in total. The van der Waals surface area contributed by atoms with Crippen molar-refractivity contribution in [2.75, 3.05) is 0 Å². The Morgan fingerprint density at radius 1 is 0.900 bits per heavy atom. The van der Waals surface area contributed by atoms with Gasteiger partial charge in [-0.15, -0.1) is 0 Å². The predicted molar refractivity (Wildman–Crippen MR) is 65.7 cm³/mol. The van der Waals surface area contributed by atoms with Gasteiger partial charge in [-0.05, 0) is 12.8 Å². The van der Waals surface area contributed by atoms with Crippen molar-refractivity contribution in [3.63, 3.8) is 0 Å². The SMILES string of the molecule is CCCCCCCc1c(F)c(F)c(F)c(F)c1C(=O)O. The summed E-state index contributed by atoms with van der Waals surface area (Å²) in [6.45, 7) is 2.01. The van der Waals surface area contributed by atoms with Crippen LogP contribution < -0.4 is 0 Å². The number of aromatic carboxylic acids is 1. The molecule has 0 saturated carbocycles. The maximum absolute atomic E-state index is 13.6. The smallest absolute Gasteiger partial charge is 0.339 e. The number of carbonyl (C=O) groups is 1. The minimum Gasteiger partial charge on any atom is -0.478 e. The Kier molecular flexibility index (Phi) is 5.98. The van der Waals surface area contributed by atoms with E-state index < -0.39 is 40.4 Å². The molecule has 0 amide bonds. The fourth-order valence-corrected chi connectivity index (χ4v) is 2.04. The van der Waals surface area contributed by atoms with Gasteiger partial charge < -0.3 is 5.11 Å². The Morgan fingerprint density at radius 3 is 2.00 bits per heavy atom. The molecule has 6 heteroatoms. The predicted octanol–water partition coefficient (Wildman–Crippen LogP) is 4.45. The molecule has 0 bridgehead atoms. The lowest BCUT2D eigenvalue weighted by Gasteiger charge is -2.10. The summed E-state index contributed by atoms with van der Waals surface area (Å²) in [7, 11) is 0. The summed E-state index contributed by atoms with van der Waals surface area (Å²) >= 11 is 0. The highest BCUT2D eigenvalue weighted by molar-refractivity contribution is 5.89. The van der Waals surface area contributed by atoms with Crippen LogP contribution in [0.3, 0.4) is 0 Å². The van der Waals surface area contributed by atoms with E-state index in [2.05, 4.69) is 0 Å². The number of benzene rings is 1. The van der Waals surface area contributed by atoms with E-state index in [4.69, 9.17) is 5.11 Å². The molecule has 0 aliphatic carbocycles. The van der Waals surface area contributed by atoms with E-state index in [-0.39, 0.29) is 6.42 Å². The molecule has 1 aromatic carbocycles. The Hall–Kier alpha value is -1.59. The lowest BCUT2D eigenvalue weighted by molar-refractivity contribution is 0.0688. The molecule has 0 aliphatic rings. The van der Waals surface area contributed by atoms with Crippen molar-refractivity contribution in [2.24, 2.45) is 0 Å². The zero-order valence-corrected chi connectivity index (χ0v) is 11.1. The maximum atomic E-state index is 13.6. The minimum absolute atomic E-state index is 0.134. The second-order valence-corrected chi connectivity index (χ2v) is 4.58. The minimum atomic E-state index is -2.09. The highest BCUT2D eigenvalue weighted by Gasteiger charge is 2.28. The highest BCUT2D eigenvalue weighted by atomic mass is 19.2. The summed E-state index contributed by atoms with van der Waals surface area (Å²) in [5.74, 6) is -9.31. The molecule has 0 unspecified atom stereocenters. The van der Waals surface area contributed by atoms with Gasteiger partial charge in [0.25, 0.3) is 0 Å². The molecule has 2 nitrogen and oxygen atoms in total. The molecule has 0 radical (unpaired) electrons. The molecule has 0 spiro atoms. The molecule has 0 saturated heterocycles. The third kappa shape index (κ3) is 3.49. The molecule has 1 aromatic rings. The normalized spacial score (nSPS) is 10.8. The van der Waals surface area contributed by atoms with Gasteiger partial charge in [0.05, 0.1) is 0 Å². The molecule has 0 aromatic heterocycles. The first kappa shape index (κ1) is 16.5. The number of hydrogen-bond donors (Lipinski definition) is 1. The van der Waals surface area contributed by atoms with Gasteiger partial charge in [-0.25, -0.2) is 22.4 Å². The van der Waals surface area contributed by atoms with Crippen LogP contribution in [0.2, 0.25) is 0 Å². The number of hydrogen-bond acceptors (Lipinski definition) is 1. The van der Waals surface area contributed by atoms with Crippen molar-refractivity contribution >= 4 is 5.97 Å². The lowest BCUT2D eigenvalue weighted by Crippen LogP contribution is -2.13. The number of rotatable bonds is 7. The standard InChI is InChI=1S/C14H16F4O2/c1-2-3-4-5-6-7-8-9(14(19)20)11(16)13(18)12(17)10(8)15/h2-7H2,1H3,(H,19,20). The number of carboxylic acid groups (broad SMARTS) is 1. The van der Waals surface area contributed by atoms with Crippen LogP contribution in [0.4, 0.5) is 17.6 Å². The molecule has 0 aliphatic heterocycles. The van der Waals surface area contributed by atoms with Gasteiger partial charge in [0, 0.05) is 5.56 Å². The fourth-order valence-electron chi connectivity index (χ4n) is 2.04. The first-order valence-corrected chi connectivity index (χ1v) is 6.49. The van der Waals surface area contributed by atoms with Crippen LogP contribution in [0.1, 0.15) is 54.9 Å². The quantitative estimate of drug-likeness (QED) is 0.349. The van der Waals surface area contributed by atoms with E-state index >= 15 is 0 Å². The van der Waals surface area contributed by atoms with Crippen LogP contribution in [0.25, 0.3) is 0 Å². The van der Waals surface area contributed by atoms with E-state index in [1.807, 2.05) is 6.92 Å². The van der Waals surface area contributed by atoms with E-state index in [1.165, 1.54) is 0 Å². The maximum Gasteiger partial charge on any atom is 0.339 e. The zero-order chi connectivity index (χ0) is 15.3. The average Bonchev–Trinajstić information content (AvgIpc) is 2.41. The third-order valence-electron chi connectivity index (χ3n) is 3.11. The first-order chi connectivity index (χ1) is 9.41. The summed E-state index contributed by atoms with van der Waals surface area (Å²) in [6, 6.07) is 0. The average molecular weight is 292 g/mol. The Labute approximate surface area is 114 Å². The highest BCUT2D eigenvalue weighted by Crippen LogP contribution is 2.26. The Morgan fingerprint density at radius 2 is 1.45 bits per heavy atom. The van der Waals surface area contributed by atoms with Crippen molar-refractivity contribution in [3.8, 4) is 0 Å². The lowest BCUT2D eigenvalue weighted by atomic mass is 9.98. The number of halogens is 4. The topological polar surface area (TPSA) is 37.3 Å². The Balaban J connectivity index is 3.01. The van der Waals surface area contributed by atoms with Crippen LogP contribution in [-0.2, 0) is 6.42 Å². The molecule has 0 heterocycles. The van der Waals surface area contributed by atoms with Gasteiger partial charge in [-0.3, -0.25) is 0 Å². The summed E-state index contributed by atoms with van der Waals surface area (Å²) in [4.78, 5) is 10.9. The van der Waals surface area contributed by atoms with E-state index in [0.717, 1.165) is 19.3 Å². The van der Waals surface area contributed by atoms with Crippen molar-refractivity contribution in [3.05, 3.63) is 34.4 Å². The molecular weight excluding hydrogens is 276 g/mol. The molecule has 1 rings (SSSR count). The molecule has 0 fully saturated rings. The van der Waals surface area contributed by atoms with Gasteiger partial charge >= 0.3 is 5.97 Å². The summed E-state index contributed by atoms with van der Waals surface area (Å²) in [5, 5.41) is 8.83. The van der Waals surface area contributed by atoms with Gasteiger partial charge in [-0.2, -0.15) is 0 Å². The van der Waals surface area contributed by atoms with Crippen LogP contribution in [0.5, 0.6) is 0 Å². The Bertz CT molecular complexity index is 501. The zero-order valence-electron chi connectivity index (χ0n) is 11.1. The van der Waals surface area contributed by atoms with Gasteiger partial charge in [-0.1, -0.05) is 32.6 Å². The van der Waals surface area contributed by atoms with Crippen molar-refractivity contribution in [2.45, 2.75) is 45.4 Å². The fraction of sp³-hybridized carbons (Fsp3) is 0.500. The van der Waals surface area contributed by atoms with Gasteiger partial charge in [0.1, 0.15) is 5.56 Å². The van der Waals surface area contributed by atoms with Crippen LogP contribution >= 0.6 is 0 Å². The number of carboxylic acids is 1. The van der Waals surface area contributed by atoms with Gasteiger partial charge in [0.15, 0.2) is 23.3 Å². The third-order valence-corrected chi connectivity index (χ3v) is 3.11. The van der Waals surface area contributed by atoms with Crippen molar-refractivity contribution in [1.82, 2.24) is 0 Å². The van der Waals surface area contributed by atoms with E-state index in [0.29, 0.717) is 12.8 Å². The van der Waals surface area contributed by atoms with E-state index in [1.54, 1.807) is 0 Å². The summed E-state index contributed by atoms with van der Waals surface area (Å²) in [6.07, 6.45) is 3.78. The first-order valence-electron chi connectivity index (χ1n) is 6.49. The van der Waals surface area contributed by atoms with Crippen LogP contribution in [0, 0.1) is 23.3 Å². The second-order valence-electron chi connectivity index (χ2n) is 4.58. The van der Waals surface area contributed by atoms with Crippen molar-refractivity contribution in [1.29, 1.82) is 0 Å². The van der Waals surface area contributed by atoms with Crippen LogP contribution in [-0.4, -0.2) is 11.1 Å². The summed E-state index contributed by atoms with van der Waals surface area (Å²) < 4.78 is 53.2. The largest absolute Gasteiger partial charge is 0.478 e. The molecule has 20 heavy (non-hydrogen) atoms. The second kappa shape index (κ2) is 7.26.